The molecular formula is C14H16N4O6. The number of nitro groups is 2. The average molecular weight is 336 g/mol. The summed E-state index contributed by atoms with van der Waals surface area (Å²) in [6, 6.07) is 3.22. The molecule has 0 amide bonds. The van der Waals surface area contributed by atoms with E-state index in [1.165, 1.54) is 6.07 Å². The lowest BCUT2D eigenvalue weighted by molar-refractivity contribution is -0.393. The summed E-state index contributed by atoms with van der Waals surface area (Å²) in [5.74, 6) is -0.830. The SMILES string of the molecule is CCOC(=O)[C@H]1CCC/C1=N/Nc1ccc([N+](=O)[O-])cc1[N+](=O)[O-]. The molecule has 0 spiro atoms. The van der Waals surface area contributed by atoms with Crippen molar-refractivity contribution in [3.8, 4) is 0 Å². The van der Waals surface area contributed by atoms with Crippen molar-refractivity contribution in [3.05, 3.63) is 38.4 Å². The molecule has 1 aromatic carbocycles. The molecule has 0 radical (unpaired) electrons. The Balaban J connectivity index is 2.22. The molecule has 1 fully saturated rings. The standard InChI is InChI=1S/C14H16N4O6/c1-2-24-14(19)10-4-3-5-11(10)15-16-12-7-6-9(17(20)21)8-13(12)18(22)23/h6-8,10,16H,2-5H2,1H3/b15-11-/t10-/m0/s1. The Morgan fingerprint density at radius 2 is 2.12 bits per heavy atom. The Hall–Kier alpha value is -3.04. The number of ether oxygens (including phenoxy) is 1. The number of nitrogens with one attached hydrogen (secondary N) is 1. The van der Waals surface area contributed by atoms with Gasteiger partial charge in [-0.3, -0.25) is 30.4 Å². The van der Waals surface area contributed by atoms with Crippen LogP contribution in [0.5, 0.6) is 0 Å². The van der Waals surface area contributed by atoms with E-state index < -0.39 is 21.5 Å². The lowest BCUT2D eigenvalue weighted by atomic mass is 10.1. The molecule has 1 N–H and O–H groups in total. The van der Waals surface area contributed by atoms with E-state index in [-0.39, 0.29) is 24.0 Å². The molecule has 0 unspecified atom stereocenters. The van der Waals surface area contributed by atoms with Gasteiger partial charge in [0.05, 0.1) is 34.1 Å². The summed E-state index contributed by atoms with van der Waals surface area (Å²) in [4.78, 5) is 32.2. The third-order valence-electron chi connectivity index (χ3n) is 3.61. The van der Waals surface area contributed by atoms with Crippen molar-refractivity contribution in [3.63, 3.8) is 0 Å². The number of carbonyl (C=O) groups is 1. The van der Waals surface area contributed by atoms with E-state index in [1.54, 1.807) is 6.92 Å². The molecule has 10 heteroatoms. The topological polar surface area (TPSA) is 137 Å². The Kier molecular flexibility index (Phi) is 5.40. The number of anilines is 1. The van der Waals surface area contributed by atoms with Gasteiger partial charge < -0.3 is 4.74 Å². The predicted octanol–water partition coefficient (Wildman–Crippen LogP) is 2.63. The quantitative estimate of drug-likeness (QED) is 0.479. The number of hydrazone groups is 1. The van der Waals surface area contributed by atoms with Crippen LogP contribution in [-0.2, 0) is 9.53 Å². The molecule has 1 aromatic rings. The number of nitro benzene ring substituents is 2. The van der Waals surface area contributed by atoms with Crippen LogP contribution < -0.4 is 5.43 Å². The van der Waals surface area contributed by atoms with Crippen molar-refractivity contribution < 1.29 is 19.4 Å². The number of nitrogens with zero attached hydrogens (tertiary/aromatic N) is 3. The van der Waals surface area contributed by atoms with E-state index in [1.807, 2.05) is 0 Å². The highest BCUT2D eigenvalue weighted by atomic mass is 16.6. The number of non-ortho nitro benzene ring substituents is 1. The van der Waals surface area contributed by atoms with Gasteiger partial charge in [-0.05, 0) is 32.3 Å². The van der Waals surface area contributed by atoms with Crippen LogP contribution in [0.4, 0.5) is 17.1 Å². The minimum atomic E-state index is -0.729. The largest absolute Gasteiger partial charge is 0.465 e. The fraction of sp³-hybridized carbons (Fsp3) is 0.429. The maximum atomic E-state index is 11.8. The van der Waals surface area contributed by atoms with Crippen molar-refractivity contribution in [2.75, 3.05) is 12.0 Å². The molecule has 1 aliphatic carbocycles. The van der Waals surface area contributed by atoms with Gasteiger partial charge in [0.25, 0.3) is 5.69 Å². The second kappa shape index (κ2) is 7.49. The normalized spacial score (nSPS) is 18.4. The molecule has 24 heavy (non-hydrogen) atoms. The number of hydrogen-bond donors (Lipinski definition) is 1. The molecule has 128 valence electrons. The molecular weight excluding hydrogens is 320 g/mol. The Morgan fingerprint density at radius 3 is 2.75 bits per heavy atom. The highest BCUT2D eigenvalue weighted by Crippen LogP contribution is 2.30. The van der Waals surface area contributed by atoms with E-state index in [0.29, 0.717) is 18.6 Å². The van der Waals surface area contributed by atoms with Gasteiger partial charge in [0, 0.05) is 6.07 Å². The van der Waals surface area contributed by atoms with Crippen molar-refractivity contribution in [1.82, 2.24) is 0 Å². The molecule has 1 saturated carbocycles. The summed E-state index contributed by atoms with van der Waals surface area (Å²) in [6.07, 6.45) is 1.96. The van der Waals surface area contributed by atoms with E-state index in [4.69, 9.17) is 4.74 Å². The molecule has 0 aliphatic heterocycles. The van der Waals surface area contributed by atoms with Gasteiger partial charge in [-0.25, -0.2) is 0 Å². The van der Waals surface area contributed by atoms with Gasteiger partial charge in [-0.15, -0.1) is 0 Å². The predicted molar refractivity (Wildman–Crippen MR) is 84.8 cm³/mol. The van der Waals surface area contributed by atoms with Gasteiger partial charge >= 0.3 is 11.7 Å². The van der Waals surface area contributed by atoms with Crippen LogP contribution in [0.15, 0.2) is 23.3 Å². The lowest BCUT2D eigenvalue weighted by Gasteiger charge is -2.10. The number of carbonyl (C=O) groups excluding carboxylic acids is 1. The van der Waals surface area contributed by atoms with Crippen LogP contribution in [0.25, 0.3) is 0 Å². The fourth-order valence-corrected chi connectivity index (χ4v) is 2.47. The minimum absolute atomic E-state index is 0.0209. The maximum Gasteiger partial charge on any atom is 0.314 e. The van der Waals surface area contributed by atoms with Crippen LogP contribution >= 0.6 is 0 Å². The molecule has 0 aromatic heterocycles. The molecule has 10 nitrogen and oxygen atoms in total. The highest BCUT2D eigenvalue weighted by molar-refractivity contribution is 6.03. The van der Waals surface area contributed by atoms with E-state index >= 15 is 0 Å². The van der Waals surface area contributed by atoms with E-state index in [9.17, 15) is 25.0 Å². The maximum absolute atomic E-state index is 11.8. The molecule has 0 bridgehead atoms. The summed E-state index contributed by atoms with van der Waals surface area (Å²) < 4.78 is 4.98. The van der Waals surface area contributed by atoms with E-state index in [2.05, 4.69) is 10.5 Å². The zero-order chi connectivity index (χ0) is 17.7. The monoisotopic (exact) mass is 336 g/mol. The van der Waals surface area contributed by atoms with Gasteiger partial charge in [-0.1, -0.05) is 0 Å². The summed E-state index contributed by atoms with van der Waals surface area (Å²) in [7, 11) is 0. The van der Waals surface area contributed by atoms with Crippen LogP contribution in [0.2, 0.25) is 0 Å². The number of rotatable bonds is 6. The molecule has 0 saturated heterocycles. The molecule has 0 heterocycles. The first-order valence-corrected chi connectivity index (χ1v) is 7.36. The number of esters is 1. The van der Waals surface area contributed by atoms with Crippen molar-refractivity contribution >= 4 is 28.7 Å². The van der Waals surface area contributed by atoms with Crippen LogP contribution in [-0.4, -0.2) is 28.1 Å². The third-order valence-corrected chi connectivity index (χ3v) is 3.61. The third kappa shape index (κ3) is 3.83. The average Bonchev–Trinajstić information content (AvgIpc) is 3.01. The van der Waals surface area contributed by atoms with Crippen LogP contribution in [0.3, 0.4) is 0 Å². The first-order chi connectivity index (χ1) is 11.4. The Bertz CT molecular complexity index is 703. The summed E-state index contributed by atoms with van der Waals surface area (Å²) in [5, 5.41) is 25.9. The summed E-state index contributed by atoms with van der Waals surface area (Å²) in [6.45, 7) is 1.98. The second-order valence-electron chi connectivity index (χ2n) is 5.13. The molecule has 2 rings (SSSR count). The van der Waals surface area contributed by atoms with Crippen molar-refractivity contribution in [2.24, 2.45) is 11.0 Å². The lowest BCUT2D eigenvalue weighted by Crippen LogP contribution is -2.22. The minimum Gasteiger partial charge on any atom is -0.465 e. The zero-order valence-electron chi connectivity index (χ0n) is 12.9. The summed E-state index contributed by atoms with van der Waals surface area (Å²) >= 11 is 0. The zero-order valence-corrected chi connectivity index (χ0v) is 12.9. The molecule has 1 atom stereocenters. The van der Waals surface area contributed by atoms with Crippen LogP contribution in [0, 0.1) is 26.1 Å². The van der Waals surface area contributed by atoms with Gasteiger partial charge in [0.1, 0.15) is 5.69 Å². The smallest absolute Gasteiger partial charge is 0.314 e. The summed E-state index contributed by atoms with van der Waals surface area (Å²) in [5.41, 5.74) is 2.28. The number of benzene rings is 1. The second-order valence-corrected chi connectivity index (χ2v) is 5.13. The van der Waals surface area contributed by atoms with Crippen molar-refractivity contribution in [2.45, 2.75) is 26.2 Å². The van der Waals surface area contributed by atoms with Crippen LogP contribution in [0.1, 0.15) is 26.2 Å². The van der Waals surface area contributed by atoms with E-state index in [0.717, 1.165) is 18.6 Å². The fourth-order valence-electron chi connectivity index (χ4n) is 2.47. The highest BCUT2D eigenvalue weighted by Gasteiger charge is 2.31. The van der Waals surface area contributed by atoms with Gasteiger partial charge in [-0.2, -0.15) is 5.10 Å². The van der Waals surface area contributed by atoms with Crippen molar-refractivity contribution in [1.29, 1.82) is 0 Å². The first kappa shape index (κ1) is 17.3. The first-order valence-electron chi connectivity index (χ1n) is 7.36. The van der Waals surface area contributed by atoms with Gasteiger partial charge in [0.2, 0.25) is 0 Å². The van der Waals surface area contributed by atoms with Gasteiger partial charge in [0.15, 0.2) is 0 Å². The molecule has 1 aliphatic rings. The Morgan fingerprint density at radius 1 is 1.38 bits per heavy atom. The number of hydrogen-bond acceptors (Lipinski definition) is 8. The Labute approximate surface area is 136 Å².